The first kappa shape index (κ1) is 27.9. The van der Waals surface area contributed by atoms with Gasteiger partial charge in [-0.15, -0.1) is 23.1 Å². The van der Waals surface area contributed by atoms with Gasteiger partial charge in [0.25, 0.3) is 11.8 Å². The molecule has 1 saturated heterocycles. The van der Waals surface area contributed by atoms with Crippen LogP contribution in [0, 0.1) is 0 Å². The molecule has 0 aromatic carbocycles. The van der Waals surface area contributed by atoms with E-state index in [0.717, 1.165) is 16.0 Å². The molecule has 3 aliphatic rings. The Morgan fingerprint density at radius 3 is 2.67 bits per heavy atom. The SMILES string of the molecule is Nc1nc(/C(=N/OC2(C(=O)O)CCC2)C(=O)NC2C(=O)N3C(C(=O)O)=C(C[n+]4ccc5sc(N)nc5c4)CS[C@H]23)cs1. The van der Waals surface area contributed by atoms with E-state index < -0.39 is 40.8 Å². The summed E-state index contributed by atoms with van der Waals surface area (Å²) in [4.78, 5) is 65.4. The lowest BCUT2D eigenvalue weighted by molar-refractivity contribution is -0.687. The molecule has 15 nitrogen and oxygen atoms in total. The molecule has 1 aliphatic carbocycles. The Morgan fingerprint density at radius 2 is 2.02 bits per heavy atom. The molecule has 0 bridgehead atoms. The number of nitrogens with two attached hydrogens (primary N) is 2. The number of nitrogens with one attached hydrogen (secondary N) is 1. The summed E-state index contributed by atoms with van der Waals surface area (Å²) in [6, 6.07) is 0.782. The number of aromatic nitrogens is 3. The number of β-lactam (4-membered cyclic amide) rings is 1. The van der Waals surface area contributed by atoms with E-state index in [1.807, 2.05) is 6.07 Å². The van der Waals surface area contributed by atoms with Crippen LogP contribution in [0.5, 0.6) is 0 Å². The van der Waals surface area contributed by atoms with E-state index in [-0.39, 0.29) is 41.6 Å². The molecule has 2 fully saturated rings. The third-order valence-electron chi connectivity index (χ3n) is 7.16. The molecule has 2 aliphatic heterocycles. The number of thiazole rings is 2. The second-order valence-corrected chi connectivity index (χ2v) is 12.8. The number of pyridine rings is 1. The van der Waals surface area contributed by atoms with Gasteiger partial charge in [0.2, 0.25) is 5.60 Å². The molecule has 0 radical (unpaired) electrons. The third kappa shape index (κ3) is 4.80. The summed E-state index contributed by atoms with van der Waals surface area (Å²) in [5.74, 6) is -3.61. The van der Waals surface area contributed by atoms with Crippen molar-refractivity contribution in [3.8, 4) is 0 Å². The van der Waals surface area contributed by atoms with Crippen molar-refractivity contribution >= 4 is 84.4 Å². The maximum atomic E-state index is 13.3. The van der Waals surface area contributed by atoms with Gasteiger partial charge >= 0.3 is 11.9 Å². The number of carboxylic acids is 2. The zero-order valence-corrected chi connectivity index (χ0v) is 24.0. The van der Waals surface area contributed by atoms with Gasteiger partial charge in [-0.05, 0) is 6.42 Å². The molecule has 3 aromatic rings. The number of hydrogen-bond acceptors (Lipinski definition) is 13. The van der Waals surface area contributed by atoms with Gasteiger partial charge in [-0.1, -0.05) is 16.5 Å². The standard InChI is InChI=1S/C24H22N8O7S3/c25-22-28-12(9-41-22)14(30-39-24(21(37)38)3-1-4-24)17(33)29-15-18(34)32-16(20(35)36)10(8-40-19(15)32)6-31-5-2-13-11(7-31)27-23(26)42-13/h2,5,7,9,15,19H,1,3-4,6,8H2,(H6-,25,26,27,28,29,33,35,36,37,38)/p+1/b30-14-/t15?,19-/m1/s1. The second-order valence-electron chi connectivity index (χ2n) is 9.79. The van der Waals surface area contributed by atoms with Crippen molar-refractivity contribution in [3.05, 3.63) is 40.8 Å². The van der Waals surface area contributed by atoms with Gasteiger partial charge in [-0.2, -0.15) is 4.57 Å². The smallest absolute Gasteiger partial charge is 0.352 e. The minimum Gasteiger partial charge on any atom is -0.478 e. The van der Waals surface area contributed by atoms with Gasteiger partial charge in [0.15, 0.2) is 34.9 Å². The number of carbonyl (C=O) groups is 4. The number of oxime groups is 1. The van der Waals surface area contributed by atoms with Crippen molar-refractivity contribution in [2.24, 2.45) is 5.16 Å². The number of carbonyl (C=O) groups excluding carboxylic acids is 2. The molecular weight excluding hydrogens is 609 g/mol. The number of thioether (sulfide) groups is 1. The first-order valence-electron chi connectivity index (χ1n) is 12.5. The topological polar surface area (TPSA) is 227 Å². The Labute approximate surface area is 248 Å². The van der Waals surface area contributed by atoms with Crippen molar-refractivity contribution < 1.29 is 38.8 Å². The number of amides is 2. The van der Waals surface area contributed by atoms with Crippen LogP contribution in [0.25, 0.3) is 10.2 Å². The third-order valence-corrected chi connectivity index (χ3v) is 10.0. The van der Waals surface area contributed by atoms with Crippen molar-refractivity contribution in [1.82, 2.24) is 20.2 Å². The highest BCUT2D eigenvalue weighted by Gasteiger charge is 2.55. The van der Waals surface area contributed by atoms with Crippen LogP contribution < -0.4 is 21.4 Å². The fraction of sp³-hybridized carbons (Fsp3) is 0.333. The molecular formula is C24H23N8O7S3+. The summed E-state index contributed by atoms with van der Waals surface area (Å²) in [5, 5.41) is 27.4. The van der Waals surface area contributed by atoms with Gasteiger partial charge in [-0.25, -0.2) is 19.6 Å². The van der Waals surface area contributed by atoms with E-state index >= 15 is 0 Å². The number of nitrogens with zero attached hydrogens (tertiary/aromatic N) is 5. The Hall–Kier alpha value is -4.29. The fourth-order valence-corrected chi connectivity index (χ4v) is 7.43. The van der Waals surface area contributed by atoms with E-state index in [1.165, 1.54) is 33.4 Å². The Balaban J connectivity index is 1.22. The molecule has 42 heavy (non-hydrogen) atoms. The molecule has 2 atom stereocenters. The van der Waals surface area contributed by atoms with Crippen molar-refractivity contribution in [2.75, 3.05) is 17.2 Å². The maximum absolute atomic E-state index is 13.3. The van der Waals surface area contributed by atoms with E-state index in [4.69, 9.17) is 16.3 Å². The summed E-state index contributed by atoms with van der Waals surface area (Å²) < 4.78 is 2.67. The van der Waals surface area contributed by atoms with Crippen LogP contribution in [0.2, 0.25) is 0 Å². The molecule has 7 N–H and O–H groups in total. The first-order valence-corrected chi connectivity index (χ1v) is 15.3. The minimum atomic E-state index is -1.54. The second kappa shape index (κ2) is 10.5. The predicted molar refractivity (Wildman–Crippen MR) is 152 cm³/mol. The largest absolute Gasteiger partial charge is 0.478 e. The monoisotopic (exact) mass is 631 g/mol. The van der Waals surface area contributed by atoms with E-state index in [2.05, 4.69) is 20.4 Å². The predicted octanol–water partition coefficient (Wildman–Crippen LogP) is 0.371. The van der Waals surface area contributed by atoms with Gasteiger partial charge < -0.3 is 31.8 Å². The molecule has 5 heterocycles. The lowest BCUT2D eigenvalue weighted by atomic mass is 9.80. The summed E-state index contributed by atoms with van der Waals surface area (Å²) in [6.07, 6.45) is 4.64. The average molecular weight is 632 g/mol. The van der Waals surface area contributed by atoms with Crippen molar-refractivity contribution in [1.29, 1.82) is 0 Å². The highest BCUT2D eigenvalue weighted by atomic mass is 32.2. The number of aliphatic carboxylic acids is 2. The van der Waals surface area contributed by atoms with Gasteiger partial charge in [0.1, 0.15) is 28.3 Å². The molecule has 2 amide bonds. The quantitative estimate of drug-likeness (QED) is 0.0934. The fourth-order valence-electron chi connectivity index (χ4n) is 4.85. The zero-order valence-electron chi connectivity index (χ0n) is 21.6. The van der Waals surface area contributed by atoms with Crippen LogP contribution in [0.3, 0.4) is 0 Å². The highest BCUT2D eigenvalue weighted by molar-refractivity contribution is 8.00. The molecule has 0 spiro atoms. The zero-order chi connectivity index (χ0) is 29.8. The first-order chi connectivity index (χ1) is 20.1. The van der Waals surface area contributed by atoms with Gasteiger partial charge in [0, 0.05) is 35.6 Å². The van der Waals surface area contributed by atoms with Crippen LogP contribution in [0.1, 0.15) is 25.0 Å². The number of fused-ring (bicyclic) bond motifs is 2. The molecule has 18 heteroatoms. The molecule has 3 aromatic heterocycles. The molecule has 1 saturated carbocycles. The lowest BCUT2D eigenvalue weighted by Crippen LogP contribution is -2.71. The summed E-state index contributed by atoms with van der Waals surface area (Å²) in [7, 11) is 0. The molecule has 6 rings (SSSR count). The van der Waals surface area contributed by atoms with Crippen LogP contribution >= 0.6 is 34.4 Å². The lowest BCUT2D eigenvalue weighted by Gasteiger charge is -2.49. The van der Waals surface area contributed by atoms with E-state index in [9.17, 15) is 29.4 Å². The minimum absolute atomic E-state index is 0.0547. The summed E-state index contributed by atoms with van der Waals surface area (Å²) in [6.45, 7) is 0.209. The van der Waals surface area contributed by atoms with Crippen molar-refractivity contribution in [2.45, 2.75) is 42.8 Å². The molecule has 1 unspecified atom stereocenters. The van der Waals surface area contributed by atoms with Gasteiger partial charge in [-0.3, -0.25) is 14.5 Å². The maximum Gasteiger partial charge on any atom is 0.352 e. The number of anilines is 2. The van der Waals surface area contributed by atoms with Crippen molar-refractivity contribution in [3.63, 3.8) is 0 Å². The van der Waals surface area contributed by atoms with Crippen LogP contribution in [-0.2, 0) is 30.6 Å². The van der Waals surface area contributed by atoms with Crippen LogP contribution in [0.4, 0.5) is 10.3 Å². The number of nitrogen functional groups attached to an aromatic ring is 2. The van der Waals surface area contributed by atoms with Crippen LogP contribution in [0.15, 0.2) is 40.3 Å². The van der Waals surface area contributed by atoms with Gasteiger partial charge in [0.05, 0.1) is 4.70 Å². The average Bonchev–Trinajstić information content (AvgIpc) is 3.51. The Kier molecular flexibility index (Phi) is 6.98. The number of rotatable bonds is 9. The number of carboxylic acid groups (broad SMARTS) is 2. The Morgan fingerprint density at radius 1 is 1.24 bits per heavy atom. The highest BCUT2D eigenvalue weighted by Crippen LogP contribution is 2.41. The number of hydrogen-bond donors (Lipinski definition) is 5. The Bertz CT molecular complexity index is 1710. The molecule has 218 valence electrons. The summed E-state index contributed by atoms with van der Waals surface area (Å²) in [5.41, 5.74) is 10.7. The van der Waals surface area contributed by atoms with E-state index in [1.54, 1.807) is 17.0 Å². The van der Waals surface area contributed by atoms with Crippen LogP contribution in [-0.4, -0.2) is 77.3 Å². The summed E-state index contributed by atoms with van der Waals surface area (Å²) >= 11 is 3.70. The normalized spacial score (nSPS) is 21.4. The van der Waals surface area contributed by atoms with E-state index in [0.29, 0.717) is 28.4 Å².